The largest absolute Gasteiger partial charge is 0.468 e. The maximum absolute atomic E-state index is 11.9. The molecule has 0 aromatic carbocycles. The summed E-state index contributed by atoms with van der Waals surface area (Å²) >= 11 is 0. The number of hydrogen-bond acceptors (Lipinski definition) is 4. The number of furan rings is 1. The fourth-order valence-electron chi connectivity index (χ4n) is 1.80. The van der Waals surface area contributed by atoms with Crippen LogP contribution >= 0.6 is 0 Å². The minimum atomic E-state index is -0.181. The second kappa shape index (κ2) is 6.15. The van der Waals surface area contributed by atoms with E-state index in [1.807, 2.05) is 31.1 Å². The summed E-state index contributed by atoms with van der Waals surface area (Å²) in [5, 5.41) is 2.87. The number of nitrogens with one attached hydrogen (secondary N) is 1. The molecule has 0 radical (unpaired) electrons. The highest BCUT2D eigenvalue weighted by Gasteiger charge is 2.18. The van der Waals surface area contributed by atoms with Gasteiger partial charge in [0.05, 0.1) is 12.3 Å². The third kappa shape index (κ3) is 3.42. The first-order valence-corrected chi connectivity index (χ1v) is 6.07. The van der Waals surface area contributed by atoms with Crippen molar-refractivity contribution in [2.24, 2.45) is 0 Å². The third-order valence-corrected chi connectivity index (χ3v) is 2.85. The lowest BCUT2D eigenvalue weighted by molar-refractivity contribution is 0.0934. The summed E-state index contributed by atoms with van der Waals surface area (Å²) in [4.78, 5) is 17.9. The fraction of sp³-hybridized carbons (Fsp3) is 0.286. The highest BCUT2D eigenvalue weighted by atomic mass is 16.3. The molecule has 0 saturated heterocycles. The topological polar surface area (TPSA) is 58.4 Å². The Morgan fingerprint density at radius 1 is 1.37 bits per heavy atom. The van der Waals surface area contributed by atoms with Crippen molar-refractivity contribution in [3.63, 3.8) is 0 Å². The van der Waals surface area contributed by atoms with Crippen molar-refractivity contribution in [2.75, 3.05) is 20.6 Å². The van der Waals surface area contributed by atoms with Gasteiger partial charge in [0.2, 0.25) is 0 Å². The maximum Gasteiger partial charge on any atom is 0.269 e. The van der Waals surface area contributed by atoms with E-state index in [4.69, 9.17) is 4.42 Å². The third-order valence-electron chi connectivity index (χ3n) is 2.85. The molecule has 2 rings (SSSR count). The molecule has 0 aliphatic carbocycles. The molecule has 2 heterocycles. The number of amides is 1. The van der Waals surface area contributed by atoms with Gasteiger partial charge in [0, 0.05) is 12.7 Å². The number of likely N-dealkylation sites (N-methyl/N-ethyl adjacent to an activating group) is 1. The molecular weight excluding hydrogens is 242 g/mol. The van der Waals surface area contributed by atoms with Crippen molar-refractivity contribution in [2.45, 2.75) is 6.04 Å². The number of nitrogens with zero attached hydrogens (tertiary/aromatic N) is 2. The average Bonchev–Trinajstić information content (AvgIpc) is 2.93. The predicted octanol–water partition coefficient (Wildman–Crippen LogP) is 1.71. The second-order valence-electron chi connectivity index (χ2n) is 4.42. The molecule has 0 aliphatic rings. The van der Waals surface area contributed by atoms with E-state index in [-0.39, 0.29) is 11.9 Å². The Morgan fingerprint density at radius 3 is 2.79 bits per heavy atom. The average molecular weight is 259 g/mol. The summed E-state index contributed by atoms with van der Waals surface area (Å²) in [5.41, 5.74) is 0.416. The van der Waals surface area contributed by atoms with E-state index < -0.39 is 0 Å². The molecule has 5 nitrogen and oxygen atoms in total. The van der Waals surface area contributed by atoms with E-state index in [0.29, 0.717) is 12.2 Å². The van der Waals surface area contributed by atoms with Gasteiger partial charge < -0.3 is 9.73 Å². The van der Waals surface area contributed by atoms with Crippen LogP contribution in [0.3, 0.4) is 0 Å². The highest BCUT2D eigenvalue weighted by Crippen LogP contribution is 2.17. The van der Waals surface area contributed by atoms with Crippen LogP contribution in [0.25, 0.3) is 0 Å². The lowest BCUT2D eigenvalue weighted by Gasteiger charge is -2.22. The molecule has 1 amide bonds. The smallest absolute Gasteiger partial charge is 0.269 e. The minimum Gasteiger partial charge on any atom is -0.468 e. The van der Waals surface area contributed by atoms with E-state index in [9.17, 15) is 4.79 Å². The van der Waals surface area contributed by atoms with Crippen LogP contribution in [0.1, 0.15) is 22.3 Å². The molecule has 2 aromatic heterocycles. The Labute approximate surface area is 112 Å². The SMILES string of the molecule is CN(C)[C@@H](CNC(=O)c1ccccn1)c1ccco1. The fourth-order valence-corrected chi connectivity index (χ4v) is 1.80. The lowest BCUT2D eigenvalue weighted by Crippen LogP contribution is -2.34. The molecule has 0 bridgehead atoms. The van der Waals surface area contributed by atoms with E-state index in [0.717, 1.165) is 5.76 Å². The zero-order chi connectivity index (χ0) is 13.7. The number of aromatic nitrogens is 1. The van der Waals surface area contributed by atoms with Gasteiger partial charge in [-0.1, -0.05) is 6.07 Å². The van der Waals surface area contributed by atoms with Crippen molar-refractivity contribution >= 4 is 5.91 Å². The van der Waals surface area contributed by atoms with Gasteiger partial charge in [0.15, 0.2) is 0 Å². The number of rotatable bonds is 5. The van der Waals surface area contributed by atoms with Crippen molar-refractivity contribution in [1.29, 1.82) is 0 Å². The molecule has 100 valence electrons. The predicted molar refractivity (Wildman–Crippen MR) is 71.7 cm³/mol. The van der Waals surface area contributed by atoms with E-state index >= 15 is 0 Å². The van der Waals surface area contributed by atoms with Gasteiger partial charge in [0.25, 0.3) is 5.91 Å². The number of carbonyl (C=O) groups excluding carboxylic acids is 1. The van der Waals surface area contributed by atoms with Crippen LogP contribution in [0.4, 0.5) is 0 Å². The summed E-state index contributed by atoms with van der Waals surface area (Å²) in [7, 11) is 3.89. The summed E-state index contributed by atoms with van der Waals surface area (Å²) < 4.78 is 5.39. The second-order valence-corrected chi connectivity index (χ2v) is 4.42. The van der Waals surface area contributed by atoms with Crippen molar-refractivity contribution in [3.05, 3.63) is 54.2 Å². The lowest BCUT2D eigenvalue weighted by atomic mass is 10.2. The summed E-state index contributed by atoms with van der Waals surface area (Å²) in [5.74, 6) is 0.644. The molecule has 5 heteroatoms. The van der Waals surface area contributed by atoms with Crippen LogP contribution in [0.15, 0.2) is 47.2 Å². The number of pyridine rings is 1. The molecular formula is C14H17N3O2. The zero-order valence-electron chi connectivity index (χ0n) is 11.0. The standard InChI is InChI=1S/C14H17N3O2/c1-17(2)12(13-7-5-9-19-13)10-16-14(18)11-6-3-4-8-15-11/h3-9,12H,10H2,1-2H3,(H,16,18)/t12-/m0/s1. The van der Waals surface area contributed by atoms with Gasteiger partial charge in [0.1, 0.15) is 11.5 Å². The molecule has 1 atom stereocenters. The van der Waals surface area contributed by atoms with Gasteiger partial charge in [-0.2, -0.15) is 0 Å². The summed E-state index contributed by atoms with van der Waals surface area (Å²) in [6.45, 7) is 0.468. The van der Waals surface area contributed by atoms with Crippen LogP contribution in [-0.4, -0.2) is 36.4 Å². The van der Waals surface area contributed by atoms with Crippen molar-refractivity contribution < 1.29 is 9.21 Å². The zero-order valence-corrected chi connectivity index (χ0v) is 11.0. The minimum absolute atomic E-state index is 0.00247. The molecule has 2 aromatic rings. The first-order chi connectivity index (χ1) is 9.18. The summed E-state index contributed by atoms with van der Waals surface area (Å²) in [6.07, 6.45) is 3.23. The first-order valence-electron chi connectivity index (χ1n) is 6.07. The van der Waals surface area contributed by atoms with Crippen LogP contribution in [-0.2, 0) is 0 Å². The van der Waals surface area contributed by atoms with Gasteiger partial charge in [-0.25, -0.2) is 0 Å². The molecule has 1 N–H and O–H groups in total. The molecule has 0 unspecified atom stereocenters. The number of carbonyl (C=O) groups is 1. The van der Waals surface area contributed by atoms with Crippen molar-refractivity contribution in [1.82, 2.24) is 15.2 Å². The Bertz CT molecular complexity index is 509. The van der Waals surface area contributed by atoms with Crippen LogP contribution in [0.5, 0.6) is 0 Å². The summed E-state index contributed by atoms with van der Waals surface area (Å²) in [6, 6.07) is 9.00. The van der Waals surface area contributed by atoms with Gasteiger partial charge in [-0.3, -0.25) is 14.7 Å². The number of hydrogen-bond donors (Lipinski definition) is 1. The van der Waals surface area contributed by atoms with Crippen LogP contribution in [0, 0.1) is 0 Å². The first kappa shape index (κ1) is 13.3. The molecule has 0 fully saturated rings. The van der Waals surface area contributed by atoms with Gasteiger partial charge in [-0.05, 0) is 38.4 Å². The Kier molecular flexibility index (Phi) is 4.30. The maximum atomic E-state index is 11.9. The van der Waals surface area contributed by atoms with Gasteiger partial charge in [-0.15, -0.1) is 0 Å². The van der Waals surface area contributed by atoms with Crippen LogP contribution < -0.4 is 5.32 Å². The normalized spacial score (nSPS) is 12.4. The Morgan fingerprint density at radius 2 is 2.21 bits per heavy atom. The van der Waals surface area contributed by atoms with E-state index in [2.05, 4.69) is 10.3 Å². The molecule has 0 aliphatic heterocycles. The van der Waals surface area contributed by atoms with E-state index in [1.54, 1.807) is 30.7 Å². The molecule has 0 saturated carbocycles. The quantitative estimate of drug-likeness (QED) is 0.888. The van der Waals surface area contributed by atoms with E-state index in [1.165, 1.54) is 0 Å². The molecule has 0 spiro atoms. The highest BCUT2D eigenvalue weighted by molar-refractivity contribution is 5.92. The Balaban J connectivity index is 1.98. The van der Waals surface area contributed by atoms with Crippen molar-refractivity contribution in [3.8, 4) is 0 Å². The van der Waals surface area contributed by atoms with Crippen LogP contribution in [0.2, 0.25) is 0 Å². The Hall–Kier alpha value is -2.14. The van der Waals surface area contributed by atoms with Gasteiger partial charge >= 0.3 is 0 Å². The molecule has 19 heavy (non-hydrogen) atoms. The monoisotopic (exact) mass is 259 g/mol.